The molecule has 0 saturated carbocycles. The Hall–Kier alpha value is -1.38. The molecule has 0 atom stereocenters. The Morgan fingerprint density at radius 3 is 3.17 bits per heavy atom. The van der Waals surface area contributed by atoms with Crippen molar-refractivity contribution < 1.29 is 4.74 Å². The van der Waals surface area contributed by atoms with E-state index < -0.39 is 0 Å². The fraction of sp³-hybridized carbons (Fsp3) is 0.333. The van der Waals surface area contributed by atoms with Gasteiger partial charge < -0.3 is 4.74 Å². The zero-order chi connectivity index (χ0) is 8.23. The number of nitrogens with zero attached hydrogens (tertiary/aromatic N) is 2. The van der Waals surface area contributed by atoms with Gasteiger partial charge in [-0.3, -0.25) is 4.98 Å². The highest BCUT2D eigenvalue weighted by Gasteiger charge is 2.07. The number of allylic oxidation sites excluding steroid dienone is 1. The summed E-state index contributed by atoms with van der Waals surface area (Å²) in [6.45, 7) is 0.784. The van der Waals surface area contributed by atoms with Crippen molar-refractivity contribution in [1.29, 1.82) is 0 Å². The van der Waals surface area contributed by atoms with Gasteiger partial charge in [0.15, 0.2) is 0 Å². The second kappa shape index (κ2) is 3.34. The van der Waals surface area contributed by atoms with E-state index in [4.69, 9.17) is 4.74 Å². The maximum Gasteiger partial charge on any atom is 0.142 e. The molecule has 2 heterocycles. The molecule has 0 aliphatic carbocycles. The zero-order valence-corrected chi connectivity index (χ0v) is 6.66. The van der Waals surface area contributed by atoms with Crippen LogP contribution in [-0.4, -0.2) is 16.6 Å². The van der Waals surface area contributed by atoms with E-state index in [0.717, 1.165) is 30.9 Å². The largest absolute Gasteiger partial charge is 0.492 e. The van der Waals surface area contributed by atoms with E-state index >= 15 is 0 Å². The molecule has 1 aromatic heterocycles. The van der Waals surface area contributed by atoms with Crippen molar-refractivity contribution in [1.82, 2.24) is 9.97 Å². The average molecular weight is 161 g/mol. The van der Waals surface area contributed by atoms with E-state index in [0.29, 0.717) is 0 Å². The minimum Gasteiger partial charge on any atom is -0.492 e. The Balaban J connectivity index is 2.24. The predicted molar refractivity (Wildman–Crippen MR) is 44.0 cm³/mol. The molecule has 3 nitrogen and oxygen atoms in total. The van der Waals surface area contributed by atoms with Crippen LogP contribution in [0.5, 0.6) is 0 Å². The van der Waals surface area contributed by atoms with Crippen LogP contribution in [0.3, 0.4) is 0 Å². The summed E-state index contributed by atoms with van der Waals surface area (Å²) < 4.78 is 5.41. The summed E-state index contributed by atoms with van der Waals surface area (Å²) in [5, 5.41) is 0. The molecule has 0 aromatic carbocycles. The highest BCUT2D eigenvalue weighted by molar-refractivity contribution is 5.55. The monoisotopic (exact) mass is 161 g/mol. The molecule has 0 saturated heterocycles. The van der Waals surface area contributed by atoms with Crippen LogP contribution in [0.15, 0.2) is 18.5 Å². The first-order valence-electron chi connectivity index (χ1n) is 3.98. The molecule has 61 valence electrons. The van der Waals surface area contributed by atoms with Crippen molar-refractivity contribution in [3.63, 3.8) is 0 Å². The topological polar surface area (TPSA) is 35.0 Å². The molecule has 1 aliphatic heterocycles. The number of hydrogen-bond acceptors (Lipinski definition) is 3. The first-order valence-corrected chi connectivity index (χ1v) is 3.98. The lowest BCUT2D eigenvalue weighted by atomic mass is 10.2. The lowest BCUT2D eigenvalue weighted by Crippen LogP contribution is -2.01. The van der Waals surface area contributed by atoms with Crippen molar-refractivity contribution >= 4 is 5.76 Å². The van der Waals surface area contributed by atoms with Gasteiger partial charge in [-0.25, -0.2) is 4.98 Å². The molecule has 1 radical (unpaired) electrons. The third-order valence-corrected chi connectivity index (χ3v) is 1.71. The smallest absolute Gasteiger partial charge is 0.142 e. The summed E-state index contributed by atoms with van der Waals surface area (Å²) in [6, 6.07) is 0. The van der Waals surface area contributed by atoms with Gasteiger partial charge in [0.05, 0.1) is 19.0 Å². The van der Waals surface area contributed by atoms with E-state index in [1.54, 1.807) is 12.4 Å². The SMILES string of the molecule is [c]1cnc(C2=CCCCO2)cn1. The van der Waals surface area contributed by atoms with Crippen molar-refractivity contribution in [2.75, 3.05) is 6.61 Å². The minimum absolute atomic E-state index is 0.784. The van der Waals surface area contributed by atoms with E-state index in [2.05, 4.69) is 16.2 Å². The van der Waals surface area contributed by atoms with E-state index in [1.807, 2.05) is 6.08 Å². The van der Waals surface area contributed by atoms with Gasteiger partial charge in [-0.15, -0.1) is 0 Å². The predicted octanol–water partition coefficient (Wildman–Crippen LogP) is 1.43. The molecule has 3 heteroatoms. The molecule has 1 aliphatic rings. The summed E-state index contributed by atoms with van der Waals surface area (Å²) in [7, 11) is 0. The summed E-state index contributed by atoms with van der Waals surface area (Å²) in [5.74, 6) is 0.850. The van der Waals surface area contributed by atoms with Gasteiger partial charge in [-0.2, -0.15) is 0 Å². The second-order valence-electron chi connectivity index (χ2n) is 2.59. The zero-order valence-electron chi connectivity index (χ0n) is 6.66. The van der Waals surface area contributed by atoms with Crippen LogP contribution in [0, 0.1) is 6.20 Å². The standard InChI is InChI=1S/C9H9N2O/c1-2-6-12-9(3-1)8-7-10-4-5-11-8/h3,5,7H,1-2,6H2. The summed E-state index contributed by atoms with van der Waals surface area (Å²) in [6.07, 6.45) is 10.0. The van der Waals surface area contributed by atoms with Crippen LogP contribution >= 0.6 is 0 Å². The van der Waals surface area contributed by atoms with Gasteiger partial charge in [0, 0.05) is 0 Å². The van der Waals surface area contributed by atoms with Crippen LogP contribution in [0.2, 0.25) is 0 Å². The quantitative estimate of drug-likeness (QED) is 0.625. The highest BCUT2D eigenvalue weighted by Crippen LogP contribution is 2.17. The summed E-state index contributed by atoms with van der Waals surface area (Å²) >= 11 is 0. The molecule has 0 bridgehead atoms. The first kappa shape index (κ1) is 7.28. The molecule has 12 heavy (non-hydrogen) atoms. The number of aromatic nitrogens is 2. The van der Waals surface area contributed by atoms with Gasteiger partial charge >= 0.3 is 0 Å². The molecular weight excluding hydrogens is 152 g/mol. The maximum absolute atomic E-state index is 5.41. The van der Waals surface area contributed by atoms with Crippen LogP contribution in [-0.2, 0) is 4.74 Å². The number of hydrogen-bond donors (Lipinski definition) is 0. The van der Waals surface area contributed by atoms with E-state index in [-0.39, 0.29) is 0 Å². The molecule has 0 fully saturated rings. The highest BCUT2D eigenvalue weighted by atomic mass is 16.5. The third kappa shape index (κ3) is 1.44. The molecule has 0 N–H and O–H groups in total. The fourth-order valence-electron chi connectivity index (χ4n) is 1.13. The van der Waals surface area contributed by atoms with E-state index in [1.165, 1.54) is 0 Å². The summed E-state index contributed by atoms with van der Waals surface area (Å²) in [4.78, 5) is 7.94. The molecule has 2 rings (SSSR count). The Morgan fingerprint density at radius 2 is 2.50 bits per heavy atom. The van der Waals surface area contributed by atoms with Gasteiger partial charge in [0.25, 0.3) is 0 Å². The second-order valence-corrected chi connectivity index (χ2v) is 2.59. The molecule has 1 aromatic rings. The van der Waals surface area contributed by atoms with Gasteiger partial charge in [-0.05, 0) is 18.9 Å². The molecule has 0 unspecified atom stereocenters. The van der Waals surface area contributed by atoms with Crippen molar-refractivity contribution in [3.8, 4) is 0 Å². The Kier molecular flexibility index (Phi) is 2.03. The maximum atomic E-state index is 5.41. The van der Waals surface area contributed by atoms with Crippen LogP contribution < -0.4 is 0 Å². The van der Waals surface area contributed by atoms with Crippen LogP contribution in [0.1, 0.15) is 18.5 Å². The van der Waals surface area contributed by atoms with Gasteiger partial charge in [-0.1, -0.05) is 0 Å². The van der Waals surface area contributed by atoms with Crippen LogP contribution in [0.25, 0.3) is 5.76 Å². The van der Waals surface area contributed by atoms with Crippen molar-refractivity contribution in [3.05, 3.63) is 30.4 Å². The molecular formula is C9H9N2O. The third-order valence-electron chi connectivity index (χ3n) is 1.71. The van der Waals surface area contributed by atoms with Gasteiger partial charge in [0.1, 0.15) is 17.6 Å². The number of ether oxygens (including phenoxy) is 1. The Bertz CT molecular complexity index is 282. The summed E-state index contributed by atoms with van der Waals surface area (Å²) in [5.41, 5.74) is 0.799. The number of rotatable bonds is 1. The van der Waals surface area contributed by atoms with Crippen molar-refractivity contribution in [2.45, 2.75) is 12.8 Å². The lowest BCUT2D eigenvalue weighted by Gasteiger charge is -2.13. The molecule has 0 amide bonds. The lowest BCUT2D eigenvalue weighted by molar-refractivity contribution is 0.257. The first-order chi connectivity index (χ1) is 5.97. The van der Waals surface area contributed by atoms with Gasteiger partial charge in [0.2, 0.25) is 0 Å². The van der Waals surface area contributed by atoms with Crippen LogP contribution in [0.4, 0.5) is 0 Å². The normalized spacial score (nSPS) is 16.5. The van der Waals surface area contributed by atoms with E-state index in [9.17, 15) is 0 Å². The Morgan fingerprint density at radius 1 is 1.50 bits per heavy atom. The average Bonchev–Trinajstić information content (AvgIpc) is 2.21. The molecule has 0 spiro atoms. The Labute approximate surface area is 71.1 Å². The van der Waals surface area contributed by atoms with Crippen molar-refractivity contribution in [2.24, 2.45) is 0 Å². The fourth-order valence-corrected chi connectivity index (χ4v) is 1.13. The minimum atomic E-state index is 0.784.